The lowest BCUT2D eigenvalue weighted by atomic mass is 10.1. The Morgan fingerprint density at radius 2 is 1.96 bits per heavy atom. The SMILES string of the molecule is O=C(NCCSCc1ccc(Cl)cc1Cl)c1ccc(Cn2ccnc2)cc1. The molecular formula is C20H19Cl2N3OS. The van der Waals surface area contributed by atoms with Crippen molar-refractivity contribution >= 4 is 40.9 Å². The van der Waals surface area contributed by atoms with Crippen molar-refractivity contribution in [1.82, 2.24) is 14.9 Å². The van der Waals surface area contributed by atoms with Gasteiger partial charge in [-0.25, -0.2) is 4.98 Å². The number of benzene rings is 2. The van der Waals surface area contributed by atoms with Gasteiger partial charge < -0.3 is 9.88 Å². The summed E-state index contributed by atoms with van der Waals surface area (Å²) in [5, 5.41) is 4.26. The standard InChI is InChI=1S/C20H19Cl2N3OS/c21-18-6-5-17(19(22)11-18)13-27-10-8-24-20(26)16-3-1-15(2-4-16)12-25-9-7-23-14-25/h1-7,9,11,14H,8,10,12-13H2,(H,24,26). The van der Waals surface area contributed by atoms with Gasteiger partial charge in [0, 0.05) is 52.6 Å². The van der Waals surface area contributed by atoms with Crippen LogP contribution < -0.4 is 5.32 Å². The Morgan fingerprint density at radius 3 is 2.67 bits per heavy atom. The predicted molar refractivity (Wildman–Crippen MR) is 113 cm³/mol. The fraction of sp³-hybridized carbons (Fsp3) is 0.200. The maximum Gasteiger partial charge on any atom is 0.251 e. The summed E-state index contributed by atoms with van der Waals surface area (Å²) in [6, 6.07) is 13.1. The van der Waals surface area contributed by atoms with Gasteiger partial charge in [0.1, 0.15) is 0 Å². The Kier molecular flexibility index (Phi) is 7.21. The highest BCUT2D eigenvalue weighted by Gasteiger charge is 2.06. The zero-order chi connectivity index (χ0) is 19.1. The highest BCUT2D eigenvalue weighted by molar-refractivity contribution is 7.98. The summed E-state index contributed by atoms with van der Waals surface area (Å²) in [6.07, 6.45) is 5.44. The number of amides is 1. The van der Waals surface area contributed by atoms with Crippen molar-refractivity contribution in [2.45, 2.75) is 12.3 Å². The molecule has 0 saturated heterocycles. The van der Waals surface area contributed by atoms with Gasteiger partial charge in [0.05, 0.1) is 6.33 Å². The van der Waals surface area contributed by atoms with E-state index >= 15 is 0 Å². The molecule has 0 bridgehead atoms. The van der Waals surface area contributed by atoms with Crippen LogP contribution in [0.2, 0.25) is 10.0 Å². The molecule has 0 saturated carbocycles. The molecule has 3 aromatic rings. The molecule has 1 amide bonds. The first-order valence-corrected chi connectivity index (χ1v) is 10.4. The van der Waals surface area contributed by atoms with Crippen LogP contribution in [0, 0.1) is 0 Å². The summed E-state index contributed by atoms with van der Waals surface area (Å²) in [6.45, 7) is 1.34. The number of imidazole rings is 1. The van der Waals surface area contributed by atoms with E-state index in [0.29, 0.717) is 22.2 Å². The minimum absolute atomic E-state index is 0.0608. The summed E-state index contributed by atoms with van der Waals surface area (Å²) in [5.41, 5.74) is 2.83. The topological polar surface area (TPSA) is 46.9 Å². The third-order valence-electron chi connectivity index (χ3n) is 3.95. The average molecular weight is 420 g/mol. The Bertz CT molecular complexity index is 883. The minimum Gasteiger partial charge on any atom is -0.351 e. The van der Waals surface area contributed by atoms with E-state index in [4.69, 9.17) is 23.2 Å². The fourth-order valence-corrected chi connectivity index (χ4v) is 3.93. The molecule has 7 heteroatoms. The van der Waals surface area contributed by atoms with Crippen molar-refractivity contribution in [2.75, 3.05) is 12.3 Å². The molecule has 1 aromatic heterocycles. The lowest BCUT2D eigenvalue weighted by molar-refractivity contribution is 0.0956. The second kappa shape index (κ2) is 9.83. The normalized spacial score (nSPS) is 10.7. The summed E-state index contributed by atoms with van der Waals surface area (Å²) >= 11 is 13.8. The lowest BCUT2D eigenvalue weighted by Gasteiger charge is -2.08. The molecule has 1 N–H and O–H groups in total. The second-order valence-corrected chi connectivity index (χ2v) is 7.92. The Labute approximate surface area is 172 Å². The van der Waals surface area contributed by atoms with Crippen molar-refractivity contribution in [3.8, 4) is 0 Å². The number of thioether (sulfide) groups is 1. The van der Waals surface area contributed by atoms with Crippen LogP contribution in [0.5, 0.6) is 0 Å². The van der Waals surface area contributed by atoms with E-state index in [1.54, 1.807) is 30.4 Å². The third kappa shape index (κ3) is 6.03. The molecule has 0 atom stereocenters. The van der Waals surface area contributed by atoms with Crippen LogP contribution in [0.15, 0.2) is 61.2 Å². The van der Waals surface area contributed by atoms with Crippen LogP contribution in [-0.4, -0.2) is 27.8 Å². The van der Waals surface area contributed by atoms with Crippen LogP contribution in [0.1, 0.15) is 21.5 Å². The molecule has 0 unspecified atom stereocenters. The van der Waals surface area contributed by atoms with Gasteiger partial charge >= 0.3 is 0 Å². The molecule has 0 fully saturated rings. The Balaban J connectivity index is 1.40. The molecule has 3 rings (SSSR count). The molecule has 2 aromatic carbocycles. The van der Waals surface area contributed by atoms with E-state index in [-0.39, 0.29) is 5.91 Å². The molecule has 140 valence electrons. The van der Waals surface area contributed by atoms with E-state index in [1.165, 1.54) is 0 Å². The average Bonchev–Trinajstić information content (AvgIpc) is 3.16. The third-order valence-corrected chi connectivity index (χ3v) is 5.54. The zero-order valence-corrected chi connectivity index (χ0v) is 16.9. The fourth-order valence-electron chi connectivity index (χ4n) is 2.51. The largest absolute Gasteiger partial charge is 0.351 e. The van der Waals surface area contributed by atoms with Gasteiger partial charge in [-0.15, -0.1) is 0 Å². The van der Waals surface area contributed by atoms with Crippen LogP contribution in [0.3, 0.4) is 0 Å². The maximum atomic E-state index is 12.2. The summed E-state index contributed by atoms with van der Waals surface area (Å²) in [5.74, 6) is 1.53. The number of rotatable bonds is 8. The van der Waals surface area contributed by atoms with E-state index in [9.17, 15) is 4.79 Å². The van der Waals surface area contributed by atoms with Gasteiger partial charge in [-0.05, 0) is 35.4 Å². The number of nitrogens with one attached hydrogen (secondary N) is 1. The summed E-state index contributed by atoms with van der Waals surface area (Å²) in [4.78, 5) is 16.3. The van der Waals surface area contributed by atoms with Crippen LogP contribution >= 0.6 is 35.0 Å². The number of aromatic nitrogens is 2. The van der Waals surface area contributed by atoms with Crippen molar-refractivity contribution < 1.29 is 4.79 Å². The van der Waals surface area contributed by atoms with Gasteiger partial charge in [-0.2, -0.15) is 11.8 Å². The zero-order valence-electron chi connectivity index (χ0n) is 14.6. The number of hydrogen-bond acceptors (Lipinski definition) is 3. The molecule has 0 spiro atoms. The molecule has 0 radical (unpaired) electrons. The first kappa shape index (κ1) is 19.8. The summed E-state index contributed by atoms with van der Waals surface area (Å²) in [7, 11) is 0. The maximum absolute atomic E-state index is 12.2. The molecule has 0 aliphatic rings. The molecule has 0 aliphatic heterocycles. The number of hydrogen-bond donors (Lipinski definition) is 1. The van der Waals surface area contributed by atoms with Gasteiger partial charge in [0.15, 0.2) is 0 Å². The van der Waals surface area contributed by atoms with Gasteiger partial charge in [0.25, 0.3) is 5.91 Å². The van der Waals surface area contributed by atoms with Crippen molar-refractivity contribution in [3.63, 3.8) is 0 Å². The smallest absolute Gasteiger partial charge is 0.251 e. The number of carbonyl (C=O) groups is 1. The van der Waals surface area contributed by atoms with E-state index in [0.717, 1.165) is 29.2 Å². The van der Waals surface area contributed by atoms with Gasteiger partial charge in [0.2, 0.25) is 0 Å². The van der Waals surface area contributed by atoms with Crippen molar-refractivity contribution in [1.29, 1.82) is 0 Å². The Hall–Kier alpha value is -1.95. The van der Waals surface area contributed by atoms with Crippen molar-refractivity contribution in [2.24, 2.45) is 0 Å². The molecular weight excluding hydrogens is 401 g/mol. The highest BCUT2D eigenvalue weighted by atomic mass is 35.5. The highest BCUT2D eigenvalue weighted by Crippen LogP contribution is 2.24. The van der Waals surface area contributed by atoms with Crippen LogP contribution in [0.4, 0.5) is 0 Å². The van der Waals surface area contributed by atoms with E-state index < -0.39 is 0 Å². The Morgan fingerprint density at radius 1 is 1.15 bits per heavy atom. The molecule has 4 nitrogen and oxygen atoms in total. The number of halogens is 2. The second-order valence-electron chi connectivity index (χ2n) is 5.98. The molecule has 0 aliphatic carbocycles. The first-order chi connectivity index (χ1) is 13.1. The quantitative estimate of drug-likeness (QED) is 0.528. The monoisotopic (exact) mass is 419 g/mol. The lowest BCUT2D eigenvalue weighted by Crippen LogP contribution is -2.25. The minimum atomic E-state index is -0.0608. The first-order valence-electron chi connectivity index (χ1n) is 8.46. The summed E-state index contributed by atoms with van der Waals surface area (Å²) < 4.78 is 1.99. The van der Waals surface area contributed by atoms with Crippen LogP contribution in [0.25, 0.3) is 0 Å². The predicted octanol–water partition coefficient (Wildman–Crippen LogP) is 4.90. The molecule has 1 heterocycles. The van der Waals surface area contributed by atoms with Gasteiger partial charge in [-0.1, -0.05) is 41.4 Å². The number of carbonyl (C=O) groups excluding carboxylic acids is 1. The van der Waals surface area contributed by atoms with E-state index in [1.807, 2.05) is 47.2 Å². The van der Waals surface area contributed by atoms with Crippen LogP contribution in [-0.2, 0) is 12.3 Å². The number of nitrogens with zero attached hydrogens (tertiary/aromatic N) is 2. The molecule has 27 heavy (non-hydrogen) atoms. The van der Waals surface area contributed by atoms with E-state index in [2.05, 4.69) is 10.3 Å². The van der Waals surface area contributed by atoms with Crippen molar-refractivity contribution in [3.05, 3.63) is 87.9 Å². The van der Waals surface area contributed by atoms with Gasteiger partial charge in [-0.3, -0.25) is 4.79 Å².